The second-order valence-electron chi connectivity index (χ2n) is 6.85. The van der Waals surface area contributed by atoms with Crippen molar-refractivity contribution in [2.75, 3.05) is 42.2 Å². The minimum absolute atomic E-state index is 0.203. The van der Waals surface area contributed by atoms with Crippen molar-refractivity contribution < 1.29 is 17.9 Å². The minimum atomic E-state index is -3.35. The maximum Gasteiger partial charge on any atom is 0.251 e. The molecule has 1 aliphatic heterocycles. The zero-order valence-electron chi connectivity index (χ0n) is 16.1. The van der Waals surface area contributed by atoms with Crippen LogP contribution in [0.4, 0.5) is 11.4 Å². The first-order chi connectivity index (χ1) is 13.3. The molecule has 0 atom stereocenters. The van der Waals surface area contributed by atoms with Crippen LogP contribution in [0.15, 0.2) is 42.5 Å². The van der Waals surface area contributed by atoms with Crippen LogP contribution in [-0.2, 0) is 21.3 Å². The molecular weight excluding hydrogens is 378 g/mol. The monoisotopic (exact) mass is 403 g/mol. The number of anilines is 2. The van der Waals surface area contributed by atoms with Gasteiger partial charge < -0.3 is 15.0 Å². The van der Waals surface area contributed by atoms with E-state index >= 15 is 0 Å². The Balaban J connectivity index is 1.58. The zero-order valence-corrected chi connectivity index (χ0v) is 16.9. The lowest BCUT2D eigenvalue weighted by Gasteiger charge is -2.28. The molecule has 2 aromatic carbocycles. The number of nitrogens with zero attached hydrogens (tertiary/aromatic N) is 1. The molecule has 0 radical (unpaired) electrons. The Bertz CT molecular complexity index is 936. The van der Waals surface area contributed by atoms with Crippen molar-refractivity contribution in [2.24, 2.45) is 0 Å². The molecule has 2 N–H and O–H groups in total. The number of nitrogens with one attached hydrogen (secondary N) is 2. The van der Waals surface area contributed by atoms with E-state index in [1.54, 1.807) is 25.1 Å². The van der Waals surface area contributed by atoms with Crippen molar-refractivity contribution >= 4 is 27.3 Å². The lowest BCUT2D eigenvalue weighted by molar-refractivity contribution is 0.0951. The molecule has 1 amide bonds. The lowest BCUT2D eigenvalue weighted by atomic mass is 10.1. The molecule has 0 spiro atoms. The van der Waals surface area contributed by atoms with Crippen LogP contribution in [0.25, 0.3) is 0 Å². The predicted molar refractivity (Wildman–Crippen MR) is 110 cm³/mol. The molecule has 7 nitrogen and oxygen atoms in total. The largest absolute Gasteiger partial charge is 0.378 e. The molecule has 3 rings (SSSR count). The van der Waals surface area contributed by atoms with E-state index in [0.717, 1.165) is 43.8 Å². The summed E-state index contributed by atoms with van der Waals surface area (Å²) in [5.74, 6) is -0.203. The van der Waals surface area contributed by atoms with Crippen molar-refractivity contribution in [1.82, 2.24) is 5.32 Å². The fourth-order valence-electron chi connectivity index (χ4n) is 3.05. The number of carbonyl (C=O) groups excluding carboxylic acids is 1. The van der Waals surface area contributed by atoms with Crippen LogP contribution in [-0.4, -0.2) is 46.9 Å². The number of hydrogen-bond acceptors (Lipinski definition) is 5. The molecule has 2 aromatic rings. The number of rotatable bonds is 6. The van der Waals surface area contributed by atoms with E-state index in [2.05, 4.69) is 27.1 Å². The van der Waals surface area contributed by atoms with Gasteiger partial charge in [-0.05, 0) is 48.4 Å². The number of ether oxygens (including phenoxy) is 1. The molecule has 150 valence electrons. The average Bonchev–Trinajstić information content (AvgIpc) is 2.68. The molecule has 0 unspecified atom stereocenters. The Hall–Kier alpha value is -2.58. The highest BCUT2D eigenvalue weighted by atomic mass is 32.2. The van der Waals surface area contributed by atoms with Gasteiger partial charge in [0.1, 0.15) is 0 Å². The van der Waals surface area contributed by atoms with Crippen molar-refractivity contribution in [3.05, 3.63) is 59.2 Å². The third kappa shape index (κ3) is 5.46. The predicted octanol–water partition coefficient (Wildman–Crippen LogP) is 2.13. The van der Waals surface area contributed by atoms with Crippen molar-refractivity contribution in [3.63, 3.8) is 0 Å². The Morgan fingerprint density at radius 1 is 1.11 bits per heavy atom. The fraction of sp³-hybridized carbons (Fsp3) is 0.350. The Morgan fingerprint density at radius 2 is 1.79 bits per heavy atom. The summed E-state index contributed by atoms with van der Waals surface area (Å²) in [4.78, 5) is 14.7. The van der Waals surface area contributed by atoms with E-state index < -0.39 is 10.0 Å². The van der Waals surface area contributed by atoms with Gasteiger partial charge in [-0.3, -0.25) is 9.52 Å². The second-order valence-corrected chi connectivity index (χ2v) is 8.60. The summed E-state index contributed by atoms with van der Waals surface area (Å²) in [5, 5.41) is 2.90. The zero-order chi connectivity index (χ0) is 20.1. The van der Waals surface area contributed by atoms with Crippen LogP contribution < -0.4 is 14.9 Å². The van der Waals surface area contributed by atoms with Gasteiger partial charge in [0.15, 0.2) is 0 Å². The van der Waals surface area contributed by atoms with Gasteiger partial charge in [-0.25, -0.2) is 8.42 Å². The van der Waals surface area contributed by atoms with Crippen LogP contribution >= 0.6 is 0 Å². The third-order valence-corrected chi connectivity index (χ3v) is 5.14. The Labute approximate surface area is 165 Å². The molecular formula is C20H25N3O4S. The van der Waals surface area contributed by atoms with E-state index in [1.165, 1.54) is 0 Å². The van der Waals surface area contributed by atoms with E-state index in [9.17, 15) is 13.2 Å². The highest BCUT2D eigenvalue weighted by Gasteiger charge is 2.12. The summed E-state index contributed by atoms with van der Waals surface area (Å²) in [6.07, 6.45) is 1.09. The number of sulfonamides is 1. The molecule has 0 bridgehead atoms. The van der Waals surface area contributed by atoms with Gasteiger partial charge in [0.2, 0.25) is 10.0 Å². The van der Waals surface area contributed by atoms with Crippen molar-refractivity contribution in [3.8, 4) is 0 Å². The average molecular weight is 404 g/mol. The van der Waals surface area contributed by atoms with Crippen LogP contribution in [0.2, 0.25) is 0 Å². The summed E-state index contributed by atoms with van der Waals surface area (Å²) in [6, 6.07) is 13.0. The normalized spacial score (nSPS) is 14.6. The van der Waals surface area contributed by atoms with Gasteiger partial charge in [-0.1, -0.05) is 12.1 Å². The Morgan fingerprint density at radius 3 is 2.39 bits per heavy atom. The molecule has 0 aliphatic carbocycles. The number of benzene rings is 2. The summed E-state index contributed by atoms with van der Waals surface area (Å²) in [5.41, 5.74) is 3.81. The first kappa shape index (κ1) is 20.2. The molecule has 1 aliphatic rings. The third-order valence-electron chi connectivity index (χ3n) is 4.55. The quantitative estimate of drug-likeness (QED) is 0.772. The van der Waals surface area contributed by atoms with E-state index in [0.29, 0.717) is 23.4 Å². The molecule has 1 heterocycles. The number of amides is 1. The van der Waals surface area contributed by atoms with Crippen molar-refractivity contribution in [2.45, 2.75) is 13.5 Å². The van der Waals surface area contributed by atoms with Crippen LogP contribution in [0.5, 0.6) is 0 Å². The molecule has 1 saturated heterocycles. The van der Waals surface area contributed by atoms with E-state index in [-0.39, 0.29) is 5.91 Å². The maximum absolute atomic E-state index is 12.4. The summed E-state index contributed by atoms with van der Waals surface area (Å²) in [6.45, 7) is 5.45. The van der Waals surface area contributed by atoms with Crippen LogP contribution in [0.1, 0.15) is 21.5 Å². The van der Waals surface area contributed by atoms with E-state index in [4.69, 9.17) is 4.74 Å². The number of carbonyl (C=O) groups is 1. The van der Waals surface area contributed by atoms with Gasteiger partial charge in [-0.2, -0.15) is 0 Å². The molecule has 28 heavy (non-hydrogen) atoms. The molecule has 0 saturated carbocycles. The van der Waals surface area contributed by atoms with Crippen LogP contribution in [0, 0.1) is 6.92 Å². The second kappa shape index (κ2) is 8.62. The van der Waals surface area contributed by atoms with Gasteiger partial charge >= 0.3 is 0 Å². The minimum Gasteiger partial charge on any atom is -0.378 e. The van der Waals surface area contributed by atoms with E-state index in [1.807, 2.05) is 12.1 Å². The van der Waals surface area contributed by atoms with Crippen molar-refractivity contribution in [1.29, 1.82) is 0 Å². The van der Waals surface area contributed by atoms with Gasteiger partial charge in [0.25, 0.3) is 5.91 Å². The smallest absolute Gasteiger partial charge is 0.251 e. The molecule has 0 aromatic heterocycles. The molecule has 8 heteroatoms. The molecule has 1 fully saturated rings. The van der Waals surface area contributed by atoms with Gasteiger partial charge in [0, 0.05) is 30.9 Å². The highest BCUT2D eigenvalue weighted by Crippen LogP contribution is 2.19. The lowest BCUT2D eigenvalue weighted by Crippen LogP contribution is -2.36. The maximum atomic E-state index is 12.4. The fourth-order valence-corrected chi connectivity index (χ4v) is 3.68. The standard InChI is InChI=1S/C20H25N3O4S/c1-15-13-17(5-8-19(15)22-28(2,25)26)20(24)21-14-16-3-6-18(7-4-16)23-9-11-27-12-10-23/h3-8,13,22H,9-12,14H2,1-2H3,(H,21,24). The first-order valence-corrected chi connectivity index (χ1v) is 11.0. The Kier molecular flexibility index (Phi) is 6.21. The van der Waals surface area contributed by atoms with Gasteiger partial charge in [-0.15, -0.1) is 0 Å². The van der Waals surface area contributed by atoms with Crippen LogP contribution in [0.3, 0.4) is 0 Å². The topological polar surface area (TPSA) is 87.7 Å². The first-order valence-electron chi connectivity index (χ1n) is 9.10. The SMILES string of the molecule is Cc1cc(C(=O)NCc2ccc(N3CCOCC3)cc2)ccc1NS(C)(=O)=O. The number of morpholine rings is 1. The van der Waals surface area contributed by atoms with Gasteiger partial charge in [0.05, 0.1) is 25.2 Å². The summed E-state index contributed by atoms with van der Waals surface area (Å²) in [7, 11) is -3.35. The number of aryl methyl sites for hydroxylation is 1. The highest BCUT2D eigenvalue weighted by molar-refractivity contribution is 7.92. The summed E-state index contributed by atoms with van der Waals surface area (Å²) >= 11 is 0. The summed E-state index contributed by atoms with van der Waals surface area (Å²) < 4.78 is 30.5. The number of hydrogen-bond donors (Lipinski definition) is 2.